The first-order chi connectivity index (χ1) is 4.67. The number of hydrogen-bond acceptors (Lipinski definition) is 1. The average molecular weight is 139 g/mol. The molecule has 1 heteroatoms. The van der Waals surface area contributed by atoms with Crippen molar-refractivity contribution in [2.75, 3.05) is 0 Å². The lowest BCUT2D eigenvalue weighted by atomic mass is 9.98. The third kappa shape index (κ3) is 0.968. The molecule has 2 N–H and O–H groups in total. The molecule has 0 saturated heterocycles. The molecule has 2 saturated carbocycles. The predicted octanol–water partition coefficient (Wildman–Crippen LogP) is 1.91. The highest BCUT2D eigenvalue weighted by Crippen LogP contribution is 2.47. The Morgan fingerprint density at radius 3 is 2.20 bits per heavy atom. The Labute approximate surface area is 63.0 Å². The number of rotatable bonds is 0. The van der Waals surface area contributed by atoms with Gasteiger partial charge >= 0.3 is 0 Å². The maximum atomic E-state index is 6.07. The first-order valence-corrected chi connectivity index (χ1v) is 4.46. The third-order valence-corrected chi connectivity index (χ3v) is 3.27. The summed E-state index contributed by atoms with van der Waals surface area (Å²) in [5.74, 6) is 1.99. The minimum Gasteiger partial charge on any atom is -0.325 e. The van der Waals surface area contributed by atoms with E-state index >= 15 is 0 Å². The van der Waals surface area contributed by atoms with Gasteiger partial charge in [0.2, 0.25) is 0 Å². The molecule has 0 aromatic rings. The van der Waals surface area contributed by atoms with Crippen molar-refractivity contribution in [3.05, 3.63) is 0 Å². The predicted molar refractivity (Wildman–Crippen MR) is 42.7 cm³/mol. The first-order valence-electron chi connectivity index (χ1n) is 4.46. The van der Waals surface area contributed by atoms with Gasteiger partial charge < -0.3 is 5.73 Å². The molecule has 2 aliphatic carbocycles. The van der Waals surface area contributed by atoms with E-state index in [2.05, 4.69) is 6.92 Å². The fraction of sp³-hybridized carbons (Fsp3) is 1.00. The van der Waals surface area contributed by atoms with Crippen LogP contribution in [-0.2, 0) is 0 Å². The fourth-order valence-electron chi connectivity index (χ4n) is 2.93. The van der Waals surface area contributed by atoms with Crippen molar-refractivity contribution in [3.8, 4) is 0 Å². The van der Waals surface area contributed by atoms with E-state index in [1.165, 1.54) is 32.1 Å². The summed E-state index contributed by atoms with van der Waals surface area (Å²) in [6.07, 6.45) is 6.95. The summed E-state index contributed by atoms with van der Waals surface area (Å²) in [6.45, 7) is 2.21. The fourth-order valence-corrected chi connectivity index (χ4v) is 2.93. The minimum atomic E-state index is 0.190. The molecule has 0 radical (unpaired) electrons. The highest BCUT2D eigenvalue weighted by molar-refractivity contribution is 4.97. The van der Waals surface area contributed by atoms with E-state index in [0.29, 0.717) is 0 Å². The average Bonchev–Trinajstić information content (AvgIpc) is 2.20. The summed E-state index contributed by atoms with van der Waals surface area (Å²) in [7, 11) is 0. The van der Waals surface area contributed by atoms with Gasteiger partial charge in [-0.1, -0.05) is 19.3 Å². The van der Waals surface area contributed by atoms with Gasteiger partial charge in [-0.2, -0.15) is 0 Å². The molecule has 0 aromatic carbocycles. The Hall–Kier alpha value is -0.0400. The van der Waals surface area contributed by atoms with E-state index in [4.69, 9.17) is 5.73 Å². The van der Waals surface area contributed by atoms with Crippen LogP contribution in [0.3, 0.4) is 0 Å². The van der Waals surface area contributed by atoms with E-state index in [9.17, 15) is 0 Å². The molecular formula is C9H17N. The molecule has 1 nitrogen and oxygen atoms in total. The molecule has 0 aliphatic heterocycles. The zero-order valence-electron chi connectivity index (χ0n) is 6.77. The second-order valence-electron chi connectivity index (χ2n) is 4.51. The van der Waals surface area contributed by atoms with Crippen molar-refractivity contribution >= 4 is 0 Å². The monoisotopic (exact) mass is 139 g/mol. The highest BCUT2D eigenvalue weighted by Gasteiger charge is 2.41. The lowest BCUT2D eigenvalue weighted by Crippen LogP contribution is -2.32. The lowest BCUT2D eigenvalue weighted by Gasteiger charge is -2.17. The molecule has 0 spiro atoms. The summed E-state index contributed by atoms with van der Waals surface area (Å²) in [5.41, 5.74) is 6.26. The molecule has 0 bridgehead atoms. The van der Waals surface area contributed by atoms with Crippen LogP contribution in [0.15, 0.2) is 0 Å². The molecular weight excluding hydrogens is 122 g/mol. The Morgan fingerprint density at radius 2 is 1.70 bits per heavy atom. The van der Waals surface area contributed by atoms with Crippen LogP contribution in [0.4, 0.5) is 0 Å². The van der Waals surface area contributed by atoms with Crippen molar-refractivity contribution in [2.45, 2.75) is 44.6 Å². The summed E-state index contributed by atoms with van der Waals surface area (Å²) >= 11 is 0. The first kappa shape index (κ1) is 6.66. The molecule has 58 valence electrons. The molecule has 2 atom stereocenters. The van der Waals surface area contributed by atoms with Crippen molar-refractivity contribution in [1.82, 2.24) is 0 Å². The minimum absolute atomic E-state index is 0.190. The van der Waals surface area contributed by atoms with E-state index in [0.717, 1.165) is 11.8 Å². The van der Waals surface area contributed by atoms with Gasteiger partial charge in [0.05, 0.1) is 0 Å². The van der Waals surface area contributed by atoms with Gasteiger partial charge in [0.15, 0.2) is 0 Å². The van der Waals surface area contributed by atoms with Gasteiger partial charge in [-0.25, -0.2) is 0 Å². The Kier molecular flexibility index (Phi) is 1.31. The smallest absolute Gasteiger partial charge is 0.0131 e. The molecule has 2 unspecified atom stereocenters. The van der Waals surface area contributed by atoms with Crippen molar-refractivity contribution < 1.29 is 0 Å². The summed E-state index contributed by atoms with van der Waals surface area (Å²) in [6, 6.07) is 0. The molecule has 2 rings (SSSR count). The van der Waals surface area contributed by atoms with Crippen molar-refractivity contribution in [3.63, 3.8) is 0 Å². The van der Waals surface area contributed by atoms with E-state index < -0.39 is 0 Å². The Balaban J connectivity index is 2.07. The van der Waals surface area contributed by atoms with Crippen LogP contribution in [0.25, 0.3) is 0 Å². The van der Waals surface area contributed by atoms with Crippen LogP contribution in [0.2, 0.25) is 0 Å². The quantitative estimate of drug-likeness (QED) is 0.545. The summed E-state index contributed by atoms with van der Waals surface area (Å²) in [5, 5.41) is 0. The molecule has 0 heterocycles. The third-order valence-electron chi connectivity index (χ3n) is 3.27. The van der Waals surface area contributed by atoms with Gasteiger partial charge in [0.25, 0.3) is 0 Å². The maximum Gasteiger partial charge on any atom is 0.0131 e. The van der Waals surface area contributed by atoms with E-state index in [1.807, 2.05) is 0 Å². The highest BCUT2D eigenvalue weighted by atomic mass is 14.8. The topological polar surface area (TPSA) is 26.0 Å². The lowest BCUT2D eigenvalue weighted by molar-refractivity contribution is 0.439. The van der Waals surface area contributed by atoms with Gasteiger partial charge in [0, 0.05) is 5.54 Å². The number of fused-ring (bicyclic) bond motifs is 1. The zero-order valence-corrected chi connectivity index (χ0v) is 6.77. The second-order valence-corrected chi connectivity index (χ2v) is 4.51. The summed E-state index contributed by atoms with van der Waals surface area (Å²) < 4.78 is 0. The van der Waals surface area contributed by atoms with Crippen molar-refractivity contribution in [1.29, 1.82) is 0 Å². The maximum absolute atomic E-state index is 6.07. The molecule has 0 aromatic heterocycles. The van der Waals surface area contributed by atoms with Gasteiger partial charge in [0.1, 0.15) is 0 Å². The Bertz CT molecular complexity index is 126. The molecule has 2 fully saturated rings. The largest absolute Gasteiger partial charge is 0.325 e. The van der Waals surface area contributed by atoms with E-state index in [1.54, 1.807) is 0 Å². The zero-order chi connectivity index (χ0) is 7.19. The van der Waals surface area contributed by atoms with Crippen LogP contribution in [-0.4, -0.2) is 5.54 Å². The normalized spacial score (nSPS) is 53.4. The Morgan fingerprint density at radius 1 is 1.20 bits per heavy atom. The second kappa shape index (κ2) is 1.97. The van der Waals surface area contributed by atoms with Gasteiger partial charge in [-0.05, 0) is 31.6 Å². The number of nitrogens with two attached hydrogens (primary N) is 1. The summed E-state index contributed by atoms with van der Waals surface area (Å²) in [4.78, 5) is 0. The van der Waals surface area contributed by atoms with Crippen LogP contribution >= 0.6 is 0 Å². The molecule has 0 amide bonds. The van der Waals surface area contributed by atoms with Crippen LogP contribution < -0.4 is 5.73 Å². The van der Waals surface area contributed by atoms with Gasteiger partial charge in [-0.3, -0.25) is 0 Å². The van der Waals surface area contributed by atoms with Crippen molar-refractivity contribution in [2.24, 2.45) is 17.6 Å². The SMILES string of the molecule is CC1(N)CC2CCCC2C1. The van der Waals surface area contributed by atoms with Gasteiger partial charge in [-0.15, -0.1) is 0 Å². The standard InChI is InChI=1S/C9H17N/c1-9(10)5-7-3-2-4-8(7)6-9/h7-8H,2-6,10H2,1H3. The van der Waals surface area contributed by atoms with E-state index in [-0.39, 0.29) is 5.54 Å². The molecule has 10 heavy (non-hydrogen) atoms. The number of hydrogen-bond donors (Lipinski definition) is 1. The van der Waals surface area contributed by atoms with Crippen LogP contribution in [0, 0.1) is 11.8 Å². The van der Waals surface area contributed by atoms with Crippen LogP contribution in [0.5, 0.6) is 0 Å². The van der Waals surface area contributed by atoms with Crippen LogP contribution in [0.1, 0.15) is 39.0 Å². The molecule has 2 aliphatic rings.